The van der Waals surface area contributed by atoms with E-state index >= 15 is 0 Å². The van der Waals surface area contributed by atoms with E-state index in [2.05, 4.69) is 41.9 Å². The van der Waals surface area contributed by atoms with Crippen molar-refractivity contribution >= 4 is 5.82 Å². The van der Waals surface area contributed by atoms with E-state index < -0.39 is 0 Å². The molecule has 0 aromatic carbocycles. The molecule has 1 fully saturated rings. The molecule has 1 aromatic rings. The van der Waals surface area contributed by atoms with Gasteiger partial charge in [-0.2, -0.15) is 10.4 Å². The van der Waals surface area contributed by atoms with E-state index in [0.717, 1.165) is 37.7 Å². The molecular formula is C15H22N4. The highest BCUT2D eigenvalue weighted by Gasteiger charge is 2.28. The van der Waals surface area contributed by atoms with Gasteiger partial charge in [-0.05, 0) is 36.7 Å². The summed E-state index contributed by atoms with van der Waals surface area (Å²) in [5, 5.41) is 17.2. The van der Waals surface area contributed by atoms with Crippen molar-refractivity contribution in [3.63, 3.8) is 0 Å². The lowest BCUT2D eigenvalue weighted by Crippen LogP contribution is -2.27. The van der Waals surface area contributed by atoms with Crippen molar-refractivity contribution in [2.24, 2.45) is 11.3 Å². The minimum Gasteiger partial charge on any atom is -0.354 e. The van der Waals surface area contributed by atoms with Crippen LogP contribution in [0.1, 0.15) is 45.6 Å². The number of aromatic nitrogens is 2. The molecular weight excluding hydrogens is 236 g/mol. The molecule has 0 amide bonds. The molecule has 1 atom stereocenters. The van der Waals surface area contributed by atoms with Crippen molar-refractivity contribution in [2.45, 2.75) is 40.0 Å². The van der Waals surface area contributed by atoms with E-state index in [0.29, 0.717) is 11.0 Å². The van der Waals surface area contributed by atoms with Crippen molar-refractivity contribution < 1.29 is 0 Å². The fourth-order valence-electron chi connectivity index (χ4n) is 2.82. The van der Waals surface area contributed by atoms with Gasteiger partial charge in [-0.25, -0.2) is 0 Å². The molecule has 0 aliphatic carbocycles. The minimum atomic E-state index is 0.358. The molecule has 0 radical (unpaired) electrons. The number of anilines is 1. The van der Waals surface area contributed by atoms with Gasteiger partial charge < -0.3 is 4.90 Å². The van der Waals surface area contributed by atoms with Gasteiger partial charge in [0.25, 0.3) is 0 Å². The molecule has 2 heterocycles. The summed E-state index contributed by atoms with van der Waals surface area (Å²) in [7, 11) is 0. The third-order valence-electron chi connectivity index (χ3n) is 4.07. The van der Waals surface area contributed by atoms with E-state index in [1.54, 1.807) is 12.3 Å². The molecule has 4 nitrogen and oxygen atoms in total. The second kappa shape index (κ2) is 5.56. The highest BCUT2D eigenvalue weighted by molar-refractivity contribution is 5.52. The number of rotatable bonds is 1. The van der Waals surface area contributed by atoms with Crippen LogP contribution in [0.25, 0.3) is 0 Å². The topological polar surface area (TPSA) is 52.8 Å². The molecule has 1 aromatic heterocycles. The Labute approximate surface area is 115 Å². The molecule has 1 saturated heterocycles. The Bertz CT molecular complexity index is 470. The average molecular weight is 258 g/mol. The predicted molar refractivity (Wildman–Crippen MR) is 75.8 cm³/mol. The monoisotopic (exact) mass is 258 g/mol. The maximum Gasteiger partial charge on any atom is 0.169 e. The van der Waals surface area contributed by atoms with Gasteiger partial charge in [-0.15, -0.1) is 5.10 Å². The van der Waals surface area contributed by atoms with E-state index in [4.69, 9.17) is 5.26 Å². The maximum atomic E-state index is 9.16. The predicted octanol–water partition coefficient (Wildman–Crippen LogP) is 3.00. The Hall–Kier alpha value is -1.63. The van der Waals surface area contributed by atoms with Crippen LogP contribution in [0.5, 0.6) is 0 Å². The SMILES string of the molecule is CC(C)(C)C1CCCN(c2nnccc2C#N)CC1. The first-order valence-corrected chi connectivity index (χ1v) is 6.99. The van der Waals surface area contributed by atoms with Gasteiger partial charge in [0.15, 0.2) is 5.82 Å². The summed E-state index contributed by atoms with van der Waals surface area (Å²) in [5.41, 5.74) is 0.986. The Morgan fingerprint density at radius 3 is 2.79 bits per heavy atom. The standard InChI is InChI=1S/C15H22N4/c1-15(2,3)13-5-4-9-19(10-7-13)14-12(11-16)6-8-17-18-14/h6,8,13H,4-5,7,9-10H2,1-3H3. The fourth-order valence-corrected chi connectivity index (χ4v) is 2.82. The number of hydrogen-bond donors (Lipinski definition) is 0. The minimum absolute atomic E-state index is 0.358. The largest absolute Gasteiger partial charge is 0.354 e. The van der Waals surface area contributed by atoms with Crippen molar-refractivity contribution in [3.8, 4) is 6.07 Å². The molecule has 0 spiro atoms. The number of hydrogen-bond acceptors (Lipinski definition) is 4. The summed E-state index contributed by atoms with van der Waals surface area (Å²) in [5.74, 6) is 1.49. The molecule has 0 N–H and O–H groups in total. The van der Waals surface area contributed by atoms with Crippen LogP contribution in [0.3, 0.4) is 0 Å². The molecule has 0 bridgehead atoms. The molecule has 1 aliphatic heterocycles. The second-order valence-corrected chi connectivity index (χ2v) is 6.36. The van der Waals surface area contributed by atoms with E-state index in [1.807, 2.05) is 0 Å². The van der Waals surface area contributed by atoms with Gasteiger partial charge in [0, 0.05) is 13.1 Å². The lowest BCUT2D eigenvalue weighted by molar-refractivity contribution is 0.220. The molecule has 1 aliphatic rings. The van der Waals surface area contributed by atoms with Gasteiger partial charge >= 0.3 is 0 Å². The Kier molecular flexibility index (Phi) is 4.04. The van der Waals surface area contributed by atoms with Crippen LogP contribution in [0, 0.1) is 22.7 Å². The third kappa shape index (κ3) is 3.23. The van der Waals surface area contributed by atoms with Crippen molar-refractivity contribution in [1.82, 2.24) is 10.2 Å². The zero-order valence-corrected chi connectivity index (χ0v) is 12.1. The Morgan fingerprint density at radius 2 is 2.11 bits per heavy atom. The normalized spacial score (nSPS) is 20.7. The summed E-state index contributed by atoms with van der Waals surface area (Å²) in [4.78, 5) is 2.22. The Morgan fingerprint density at radius 1 is 1.32 bits per heavy atom. The molecule has 19 heavy (non-hydrogen) atoms. The van der Waals surface area contributed by atoms with E-state index in [1.165, 1.54) is 6.42 Å². The molecule has 2 rings (SSSR count). The Balaban J connectivity index is 2.14. The van der Waals surface area contributed by atoms with Crippen molar-refractivity contribution in [1.29, 1.82) is 5.26 Å². The number of nitriles is 1. The van der Waals surface area contributed by atoms with Gasteiger partial charge in [-0.1, -0.05) is 20.8 Å². The zero-order valence-electron chi connectivity index (χ0n) is 12.1. The van der Waals surface area contributed by atoms with Crippen LogP contribution in [0.4, 0.5) is 5.82 Å². The zero-order chi connectivity index (χ0) is 13.9. The second-order valence-electron chi connectivity index (χ2n) is 6.36. The lowest BCUT2D eigenvalue weighted by atomic mass is 9.77. The van der Waals surface area contributed by atoms with Gasteiger partial charge in [0.2, 0.25) is 0 Å². The summed E-state index contributed by atoms with van der Waals surface area (Å²) in [6.45, 7) is 8.89. The van der Waals surface area contributed by atoms with E-state index in [-0.39, 0.29) is 0 Å². The van der Waals surface area contributed by atoms with Crippen LogP contribution < -0.4 is 4.90 Å². The van der Waals surface area contributed by atoms with Crippen LogP contribution in [-0.2, 0) is 0 Å². The molecule has 4 heteroatoms. The molecule has 102 valence electrons. The summed E-state index contributed by atoms with van der Waals surface area (Å²) in [6.07, 6.45) is 5.15. The van der Waals surface area contributed by atoms with E-state index in [9.17, 15) is 0 Å². The highest BCUT2D eigenvalue weighted by atomic mass is 15.3. The van der Waals surface area contributed by atoms with Crippen molar-refractivity contribution in [2.75, 3.05) is 18.0 Å². The first-order valence-electron chi connectivity index (χ1n) is 6.99. The third-order valence-corrected chi connectivity index (χ3v) is 4.07. The number of nitrogens with zero attached hydrogens (tertiary/aromatic N) is 4. The molecule has 0 saturated carbocycles. The first-order chi connectivity index (χ1) is 9.02. The average Bonchev–Trinajstić information content (AvgIpc) is 2.64. The van der Waals surface area contributed by atoms with Crippen molar-refractivity contribution in [3.05, 3.63) is 17.8 Å². The maximum absolute atomic E-state index is 9.16. The van der Waals surface area contributed by atoms with Crippen LogP contribution in [0.2, 0.25) is 0 Å². The van der Waals surface area contributed by atoms with Crippen LogP contribution in [-0.4, -0.2) is 23.3 Å². The lowest BCUT2D eigenvalue weighted by Gasteiger charge is -2.29. The van der Waals surface area contributed by atoms with Gasteiger partial charge in [-0.3, -0.25) is 0 Å². The summed E-state index contributed by atoms with van der Waals surface area (Å²) < 4.78 is 0. The smallest absolute Gasteiger partial charge is 0.169 e. The summed E-state index contributed by atoms with van der Waals surface area (Å²) in [6, 6.07) is 3.96. The quantitative estimate of drug-likeness (QED) is 0.777. The van der Waals surface area contributed by atoms with Gasteiger partial charge in [0.05, 0.1) is 11.8 Å². The van der Waals surface area contributed by atoms with Gasteiger partial charge in [0.1, 0.15) is 6.07 Å². The highest BCUT2D eigenvalue weighted by Crippen LogP contribution is 2.35. The first kappa shape index (κ1) is 13.8. The van der Waals surface area contributed by atoms with Crippen LogP contribution in [0.15, 0.2) is 12.3 Å². The fraction of sp³-hybridized carbons (Fsp3) is 0.667. The van der Waals surface area contributed by atoms with Crippen LogP contribution >= 0.6 is 0 Å². The summed E-state index contributed by atoms with van der Waals surface area (Å²) >= 11 is 0. The molecule has 1 unspecified atom stereocenters.